The van der Waals surface area contributed by atoms with Crippen molar-refractivity contribution < 1.29 is 23.7 Å². The molecule has 1 unspecified atom stereocenters. The average Bonchev–Trinajstić information content (AvgIpc) is 3.30. The molecule has 11 heteroatoms. The smallest absolute Gasteiger partial charge is 0.338 e. The topological polar surface area (TPSA) is 88.4 Å². The van der Waals surface area contributed by atoms with Crippen molar-refractivity contribution in [1.29, 1.82) is 0 Å². The normalized spacial score (nSPS) is 14.7. The highest BCUT2D eigenvalue weighted by molar-refractivity contribution is 9.10. The first-order chi connectivity index (χ1) is 20.7. The maximum absolute atomic E-state index is 14.0. The summed E-state index contributed by atoms with van der Waals surface area (Å²) in [5.74, 6) is 1.09. The van der Waals surface area contributed by atoms with Gasteiger partial charge in [0.15, 0.2) is 16.3 Å². The Morgan fingerprint density at radius 3 is 2.47 bits per heavy atom. The lowest BCUT2D eigenvalue weighted by molar-refractivity contribution is -0.139. The lowest BCUT2D eigenvalue weighted by Gasteiger charge is -2.26. The quantitative estimate of drug-likeness (QED) is 0.207. The van der Waals surface area contributed by atoms with Gasteiger partial charge in [0, 0.05) is 15.1 Å². The van der Waals surface area contributed by atoms with Crippen LogP contribution in [0.1, 0.15) is 36.6 Å². The molecule has 1 aromatic heterocycles. The van der Waals surface area contributed by atoms with Crippen LogP contribution < -0.4 is 29.1 Å². The molecule has 0 radical (unpaired) electrons. The Labute approximate surface area is 265 Å². The molecule has 0 fully saturated rings. The predicted octanol–water partition coefficient (Wildman–Crippen LogP) is 5.81. The predicted molar refractivity (Wildman–Crippen MR) is 170 cm³/mol. The number of carbonyl (C=O) groups is 1. The average molecular weight is 684 g/mol. The minimum Gasteiger partial charge on any atom is -0.493 e. The Bertz CT molecular complexity index is 1900. The van der Waals surface area contributed by atoms with Crippen LogP contribution in [0.25, 0.3) is 6.08 Å². The first-order valence-corrected chi connectivity index (χ1v) is 15.3. The highest BCUT2D eigenvalue weighted by Gasteiger charge is 2.35. The molecule has 0 amide bonds. The number of nitrogens with zero attached hydrogens (tertiary/aromatic N) is 2. The summed E-state index contributed by atoms with van der Waals surface area (Å²) in [4.78, 5) is 32.3. The molecule has 0 saturated heterocycles. The van der Waals surface area contributed by atoms with Gasteiger partial charge in [-0.05, 0) is 61.4 Å². The van der Waals surface area contributed by atoms with Crippen molar-refractivity contribution in [1.82, 2.24) is 4.57 Å². The third kappa shape index (κ3) is 6.27. The van der Waals surface area contributed by atoms with Crippen LogP contribution in [0.3, 0.4) is 0 Å². The van der Waals surface area contributed by atoms with Crippen molar-refractivity contribution >= 4 is 50.9 Å². The van der Waals surface area contributed by atoms with Crippen LogP contribution in [0.5, 0.6) is 17.2 Å². The summed E-state index contributed by atoms with van der Waals surface area (Å²) >= 11 is 11.1. The summed E-state index contributed by atoms with van der Waals surface area (Å²) < 4.78 is 24.9. The van der Waals surface area contributed by atoms with Gasteiger partial charge in [-0.15, -0.1) is 0 Å². The highest BCUT2D eigenvalue weighted by Crippen LogP contribution is 2.40. The molecule has 43 heavy (non-hydrogen) atoms. The van der Waals surface area contributed by atoms with E-state index in [0.717, 1.165) is 11.1 Å². The third-order valence-electron chi connectivity index (χ3n) is 6.84. The first-order valence-electron chi connectivity index (χ1n) is 13.3. The third-order valence-corrected chi connectivity index (χ3v) is 8.88. The number of carbonyl (C=O) groups excluding carboxylic acids is 1. The van der Waals surface area contributed by atoms with Gasteiger partial charge in [0.25, 0.3) is 5.56 Å². The zero-order valence-electron chi connectivity index (χ0n) is 23.9. The number of hydrogen-bond donors (Lipinski definition) is 0. The summed E-state index contributed by atoms with van der Waals surface area (Å²) in [5.41, 5.74) is 2.78. The van der Waals surface area contributed by atoms with Crippen molar-refractivity contribution in [2.75, 3.05) is 20.8 Å². The SMILES string of the molecule is CCOC(=O)C1=C(C)N=c2s/c(=C\c3ccc(OCc4ccccc4Cl)cc3)c(=O)n2C1c1cc(OC)c(OC)cc1Br. The monoisotopic (exact) mass is 682 g/mol. The van der Waals surface area contributed by atoms with Gasteiger partial charge in [0.1, 0.15) is 12.4 Å². The van der Waals surface area contributed by atoms with E-state index in [4.69, 9.17) is 30.5 Å². The number of rotatable bonds is 9. The Kier molecular flexibility index (Phi) is 9.39. The second kappa shape index (κ2) is 13.2. The molecule has 5 rings (SSSR count). The number of benzene rings is 3. The van der Waals surface area contributed by atoms with E-state index >= 15 is 0 Å². The van der Waals surface area contributed by atoms with Crippen molar-refractivity contribution in [3.63, 3.8) is 0 Å². The summed E-state index contributed by atoms with van der Waals surface area (Å²) in [5, 5.41) is 0.647. The zero-order valence-corrected chi connectivity index (χ0v) is 27.0. The van der Waals surface area contributed by atoms with E-state index in [0.29, 0.717) is 53.9 Å². The van der Waals surface area contributed by atoms with Gasteiger partial charge in [-0.1, -0.05) is 69.2 Å². The Morgan fingerprint density at radius 2 is 1.79 bits per heavy atom. The number of aromatic nitrogens is 1. The fourth-order valence-electron chi connectivity index (χ4n) is 4.75. The summed E-state index contributed by atoms with van der Waals surface area (Å²) in [6.45, 7) is 3.99. The largest absolute Gasteiger partial charge is 0.493 e. The molecule has 1 atom stereocenters. The molecule has 8 nitrogen and oxygen atoms in total. The van der Waals surface area contributed by atoms with Crippen LogP contribution in [0.4, 0.5) is 0 Å². The number of ether oxygens (including phenoxy) is 4. The summed E-state index contributed by atoms with van der Waals surface area (Å²) in [6, 6.07) is 17.6. The van der Waals surface area contributed by atoms with Crippen LogP contribution in [-0.2, 0) is 16.1 Å². The van der Waals surface area contributed by atoms with E-state index in [1.54, 1.807) is 39.2 Å². The molecule has 4 aromatic rings. The lowest BCUT2D eigenvalue weighted by Crippen LogP contribution is -2.40. The van der Waals surface area contributed by atoms with Crippen LogP contribution in [0.15, 0.2) is 86.2 Å². The number of methoxy groups -OCH3 is 2. The molecule has 0 N–H and O–H groups in total. The van der Waals surface area contributed by atoms with E-state index in [1.165, 1.54) is 23.0 Å². The minimum absolute atomic E-state index is 0.179. The van der Waals surface area contributed by atoms with Crippen LogP contribution in [-0.4, -0.2) is 31.4 Å². The molecule has 0 aliphatic carbocycles. The number of esters is 1. The van der Waals surface area contributed by atoms with Gasteiger partial charge in [-0.2, -0.15) is 0 Å². The maximum atomic E-state index is 14.0. The molecular weight excluding hydrogens is 656 g/mol. The number of allylic oxidation sites excluding steroid dienone is 1. The van der Waals surface area contributed by atoms with Gasteiger partial charge in [-0.25, -0.2) is 9.79 Å². The van der Waals surface area contributed by atoms with E-state index < -0.39 is 12.0 Å². The molecular formula is C32H28BrClN2O6S. The second-order valence-corrected chi connectivity index (χ2v) is 11.8. The van der Waals surface area contributed by atoms with Crippen molar-refractivity contribution in [2.24, 2.45) is 4.99 Å². The molecule has 0 bridgehead atoms. The highest BCUT2D eigenvalue weighted by atomic mass is 79.9. The number of thiazole rings is 1. The molecule has 1 aliphatic heterocycles. The summed E-state index contributed by atoms with van der Waals surface area (Å²) in [7, 11) is 3.07. The molecule has 0 saturated carbocycles. The van der Waals surface area contributed by atoms with E-state index in [9.17, 15) is 9.59 Å². The Hall–Kier alpha value is -3.86. The second-order valence-electron chi connectivity index (χ2n) is 9.48. The molecule has 222 valence electrons. The van der Waals surface area contributed by atoms with Gasteiger partial charge < -0.3 is 18.9 Å². The zero-order chi connectivity index (χ0) is 30.7. The lowest BCUT2D eigenvalue weighted by atomic mass is 9.95. The first kappa shape index (κ1) is 30.6. The van der Waals surface area contributed by atoms with Crippen molar-refractivity contribution in [3.8, 4) is 17.2 Å². The van der Waals surface area contributed by atoms with Gasteiger partial charge in [0.2, 0.25) is 0 Å². The van der Waals surface area contributed by atoms with Gasteiger partial charge in [0.05, 0.1) is 42.7 Å². The molecule has 2 heterocycles. The molecule has 3 aromatic carbocycles. The van der Waals surface area contributed by atoms with Crippen LogP contribution in [0, 0.1) is 0 Å². The Morgan fingerprint density at radius 1 is 1.09 bits per heavy atom. The van der Waals surface area contributed by atoms with Gasteiger partial charge in [-0.3, -0.25) is 9.36 Å². The maximum Gasteiger partial charge on any atom is 0.338 e. The van der Waals surface area contributed by atoms with E-state index in [-0.39, 0.29) is 17.7 Å². The standard InChI is InChI=1S/C32H28BrClN2O6S/c1-5-41-31(38)28-18(2)35-32-36(29(28)22-15-25(39-3)26(40-4)16-23(22)33)30(37)27(43-32)14-19-10-12-21(13-11-19)42-17-20-8-6-7-9-24(20)34/h6-16,29H,5,17H2,1-4H3/b27-14-. The molecule has 0 spiro atoms. The van der Waals surface area contributed by atoms with Gasteiger partial charge >= 0.3 is 5.97 Å². The summed E-state index contributed by atoms with van der Waals surface area (Å²) in [6.07, 6.45) is 1.80. The van der Waals surface area contributed by atoms with E-state index in [2.05, 4.69) is 20.9 Å². The molecule has 1 aliphatic rings. The number of hydrogen-bond acceptors (Lipinski definition) is 8. The number of halogens is 2. The van der Waals surface area contributed by atoms with Crippen molar-refractivity contribution in [2.45, 2.75) is 26.5 Å². The van der Waals surface area contributed by atoms with Crippen LogP contribution in [0.2, 0.25) is 5.02 Å². The fourth-order valence-corrected chi connectivity index (χ4v) is 6.53. The van der Waals surface area contributed by atoms with E-state index in [1.807, 2.05) is 48.5 Å². The van der Waals surface area contributed by atoms with Crippen molar-refractivity contribution in [3.05, 3.63) is 118 Å². The Balaban J connectivity index is 1.56. The fraction of sp³-hybridized carbons (Fsp3) is 0.219. The van der Waals surface area contributed by atoms with Crippen LogP contribution >= 0.6 is 38.9 Å². The minimum atomic E-state index is -0.813. The number of fused-ring (bicyclic) bond motifs is 1.